The molecule has 1 aromatic rings. The predicted molar refractivity (Wildman–Crippen MR) is 108 cm³/mol. The van der Waals surface area contributed by atoms with Crippen LogP contribution >= 0.6 is 0 Å². The molecule has 146 valence electrons. The van der Waals surface area contributed by atoms with Crippen LogP contribution in [0.4, 0.5) is 0 Å². The summed E-state index contributed by atoms with van der Waals surface area (Å²) in [5, 5.41) is 2.99. The molecule has 0 radical (unpaired) electrons. The molecule has 1 aliphatic carbocycles. The molecule has 1 aliphatic rings. The highest BCUT2D eigenvalue weighted by Crippen LogP contribution is 2.30. The number of unbranched alkanes of at least 4 members (excludes halogenated alkanes) is 4. The van der Waals surface area contributed by atoms with Crippen LogP contribution in [0.25, 0.3) is 0 Å². The molecule has 0 unspecified atom stereocenters. The van der Waals surface area contributed by atoms with Gasteiger partial charge in [-0.1, -0.05) is 70.7 Å². The molecule has 1 N–H and O–H groups in total. The van der Waals surface area contributed by atoms with E-state index in [0.717, 1.165) is 12.8 Å². The standard InChI is InChI=1S/C23H31NO3/c1-4-5-6-7-8-13-21(26)24-16-23(2,3)15-17-14-20(25)18-11-9-10-12-19(18)22(17)27/h9-12,14H,4-8,13,15-16H2,1-3H3,(H,24,26). The van der Waals surface area contributed by atoms with E-state index in [1.165, 1.54) is 25.3 Å². The summed E-state index contributed by atoms with van der Waals surface area (Å²) in [7, 11) is 0. The topological polar surface area (TPSA) is 63.2 Å². The van der Waals surface area contributed by atoms with Crippen molar-refractivity contribution >= 4 is 17.5 Å². The Morgan fingerprint density at radius 1 is 1.00 bits per heavy atom. The van der Waals surface area contributed by atoms with E-state index < -0.39 is 0 Å². The minimum absolute atomic E-state index is 0.0601. The molecule has 0 fully saturated rings. The van der Waals surface area contributed by atoms with E-state index in [2.05, 4.69) is 12.2 Å². The highest BCUT2D eigenvalue weighted by atomic mass is 16.2. The van der Waals surface area contributed by atoms with E-state index in [4.69, 9.17) is 0 Å². The Bertz CT molecular complexity index is 731. The van der Waals surface area contributed by atoms with Gasteiger partial charge in [0.2, 0.25) is 5.91 Å². The molecule has 0 aromatic heterocycles. The van der Waals surface area contributed by atoms with Gasteiger partial charge in [0.15, 0.2) is 11.6 Å². The summed E-state index contributed by atoms with van der Waals surface area (Å²) >= 11 is 0. The molecule has 0 aliphatic heterocycles. The lowest BCUT2D eigenvalue weighted by molar-refractivity contribution is -0.121. The van der Waals surface area contributed by atoms with Crippen LogP contribution in [0.15, 0.2) is 35.9 Å². The van der Waals surface area contributed by atoms with Crippen LogP contribution in [-0.2, 0) is 4.79 Å². The fourth-order valence-corrected chi connectivity index (χ4v) is 3.40. The van der Waals surface area contributed by atoms with Crippen molar-refractivity contribution in [2.45, 2.75) is 65.7 Å². The highest BCUT2D eigenvalue weighted by molar-refractivity contribution is 6.24. The number of hydrogen-bond acceptors (Lipinski definition) is 3. The van der Waals surface area contributed by atoms with Crippen LogP contribution in [0.5, 0.6) is 0 Å². The van der Waals surface area contributed by atoms with Crippen LogP contribution in [0.3, 0.4) is 0 Å². The summed E-state index contributed by atoms with van der Waals surface area (Å²) in [6.45, 7) is 6.68. The van der Waals surface area contributed by atoms with Gasteiger partial charge in [0.05, 0.1) is 0 Å². The average molecular weight is 370 g/mol. The Morgan fingerprint density at radius 2 is 1.67 bits per heavy atom. The zero-order chi connectivity index (χ0) is 19.9. The van der Waals surface area contributed by atoms with Crippen molar-refractivity contribution < 1.29 is 14.4 Å². The molecule has 0 atom stereocenters. The SMILES string of the molecule is CCCCCCCC(=O)NCC(C)(C)CC1=CC(=O)c2ccccc2C1=O. The number of rotatable bonds is 10. The minimum Gasteiger partial charge on any atom is -0.356 e. The lowest BCUT2D eigenvalue weighted by Crippen LogP contribution is -2.35. The molecule has 27 heavy (non-hydrogen) atoms. The second-order valence-corrected chi connectivity index (χ2v) is 8.19. The smallest absolute Gasteiger partial charge is 0.220 e. The monoisotopic (exact) mass is 369 g/mol. The molecular formula is C23H31NO3. The Morgan fingerprint density at radius 3 is 2.37 bits per heavy atom. The third kappa shape index (κ3) is 6.16. The van der Waals surface area contributed by atoms with E-state index in [0.29, 0.717) is 36.1 Å². The fraction of sp³-hybridized carbons (Fsp3) is 0.522. The Kier molecular flexibility index (Phi) is 7.52. The number of nitrogens with one attached hydrogen (secondary N) is 1. The van der Waals surface area contributed by atoms with Crippen LogP contribution in [0.2, 0.25) is 0 Å². The van der Waals surface area contributed by atoms with E-state index in [1.807, 2.05) is 13.8 Å². The van der Waals surface area contributed by atoms with E-state index >= 15 is 0 Å². The van der Waals surface area contributed by atoms with Crippen LogP contribution in [0.1, 0.15) is 86.4 Å². The van der Waals surface area contributed by atoms with Gasteiger partial charge in [-0.15, -0.1) is 0 Å². The number of amides is 1. The molecule has 4 nitrogen and oxygen atoms in total. The van der Waals surface area contributed by atoms with E-state index in [-0.39, 0.29) is 22.9 Å². The highest BCUT2D eigenvalue weighted by Gasteiger charge is 2.29. The minimum atomic E-state index is -0.300. The zero-order valence-electron chi connectivity index (χ0n) is 16.8. The number of fused-ring (bicyclic) bond motifs is 1. The van der Waals surface area contributed by atoms with Gasteiger partial charge >= 0.3 is 0 Å². The fourth-order valence-electron chi connectivity index (χ4n) is 3.40. The average Bonchev–Trinajstić information content (AvgIpc) is 2.64. The number of Topliss-reactive ketones (excluding diaryl/α,β-unsaturated/α-hetero) is 1. The van der Waals surface area contributed by atoms with Gasteiger partial charge in [-0.25, -0.2) is 0 Å². The zero-order valence-corrected chi connectivity index (χ0v) is 16.8. The van der Waals surface area contributed by atoms with Gasteiger partial charge < -0.3 is 5.32 Å². The third-order valence-electron chi connectivity index (χ3n) is 4.97. The molecule has 0 heterocycles. The predicted octanol–water partition coefficient (Wildman–Crippen LogP) is 4.89. The summed E-state index contributed by atoms with van der Waals surface area (Å²) in [5.74, 6) is -0.141. The van der Waals surface area contributed by atoms with Crippen LogP contribution in [-0.4, -0.2) is 24.0 Å². The summed E-state index contributed by atoms with van der Waals surface area (Å²) in [6, 6.07) is 6.94. The molecule has 0 spiro atoms. The number of allylic oxidation sites excluding steroid dienone is 2. The molecule has 0 saturated heterocycles. The van der Waals surface area contributed by atoms with Crippen molar-refractivity contribution in [3.05, 3.63) is 47.0 Å². The second-order valence-electron chi connectivity index (χ2n) is 8.19. The van der Waals surface area contributed by atoms with Gasteiger partial charge in [0.1, 0.15) is 0 Å². The number of ketones is 2. The van der Waals surface area contributed by atoms with Gasteiger partial charge in [-0.3, -0.25) is 14.4 Å². The third-order valence-corrected chi connectivity index (χ3v) is 4.97. The van der Waals surface area contributed by atoms with Gasteiger partial charge in [-0.05, 0) is 24.3 Å². The summed E-state index contributed by atoms with van der Waals surface area (Å²) in [5.41, 5.74) is 1.18. The first-order valence-corrected chi connectivity index (χ1v) is 9.99. The second kappa shape index (κ2) is 9.63. The summed E-state index contributed by atoms with van der Waals surface area (Å²) < 4.78 is 0. The first-order valence-electron chi connectivity index (χ1n) is 9.99. The maximum Gasteiger partial charge on any atom is 0.220 e. The van der Waals surface area contributed by atoms with Crippen LogP contribution in [0, 0.1) is 5.41 Å². The number of benzene rings is 1. The van der Waals surface area contributed by atoms with Crippen molar-refractivity contribution in [1.29, 1.82) is 0 Å². The maximum absolute atomic E-state index is 12.7. The number of carbonyl (C=O) groups excluding carboxylic acids is 3. The molecule has 0 bridgehead atoms. The van der Waals surface area contributed by atoms with Gasteiger partial charge in [0, 0.05) is 29.7 Å². The lowest BCUT2D eigenvalue weighted by Gasteiger charge is -2.27. The van der Waals surface area contributed by atoms with Crippen molar-refractivity contribution in [2.75, 3.05) is 6.54 Å². The van der Waals surface area contributed by atoms with Crippen molar-refractivity contribution in [2.24, 2.45) is 5.41 Å². The summed E-state index contributed by atoms with van der Waals surface area (Å²) in [4.78, 5) is 37.0. The molecule has 1 amide bonds. The molecule has 2 rings (SSSR count). The van der Waals surface area contributed by atoms with E-state index in [1.54, 1.807) is 24.3 Å². The van der Waals surface area contributed by atoms with Gasteiger partial charge in [0.25, 0.3) is 0 Å². The quantitative estimate of drug-likeness (QED) is 0.598. The Balaban J connectivity index is 1.86. The van der Waals surface area contributed by atoms with Crippen molar-refractivity contribution in [3.63, 3.8) is 0 Å². The molecular weight excluding hydrogens is 338 g/mol. The first-order chi connectivity index (χ1) is 12.8. The van der Waals surface area contributed by atoms with Crippen molar-refractivity contribution in [3.8, 4) is 0 Å². The first kappa shape index (κ1) is 21.1. The molecule has 1 aromatic carbocycles. The van der Waals surface area contributed by atoms with E-state index in [9.17, 15) is 14.4 Å². The maximum atomic E-state index is 12.7. The lowest BCUT2D eigenvalue weighted by atomic mass is 9.79. The largest absolute Gasteiger partial charge is 0.356 e. The Hall–Kier alpha value is -2.23. The normalized spacial score (nSPS) is 14.0. The van der Waals surface area contributed by atoms with Crippen LogP contribution < -0.4 is 5.32 Å². The molecule has 0 saturated carbocycles. The molecule has 4 heteroatoms. The Labute approximate surface area is 162 Å². The van der Waals surface area contributed by atoms with Gasteiger partial charge in [-0.2, -0.15) is 0 Å². The summed E-state index contributed by atoms with van der Waals surface area (Å²) in [6.07, 6.45) is 8.08. The van der Waals surface area contributed by atoms with Crippen molar-refractivity contribution in [1.82, 2.24) is 5.32 Å². The number of carbonyl (C=O) groups is 3. The number of hydrogen-bond donors (Lipinski definition) is 1.